The normalized spacial score (nSPS) is 10.5. The van der Waals surface area contributed by atoms with Crippen LogP contribution in [0.25, 0.3) is 0 Å². The Hall–Kier alpha value is -1.32. The van der Waals surface area contributed by atoms with Crippen LogP contribution in [-0.4, -0.2) is 15.9 Å². The van der Waals surface area contributed by atoms with Gasteiger partial charge >= 0.3 is 0 Å². The molecule has 0 fully saturated rings. The number of aromatic nitrogens is 2. The SMILES string of the molecule is CC(C)c1ncc(C(N)=O)[nH]1. The molecule has 3 N–H and O–H groups in total. The highest BCUT2D eigenvalue weighted by Gasteiger charge is 2.06. The van der Waals surface area contributed by atoms with E-state index in [9.17, 15) is 4.79 Å². The molecule has 0 aromatic carbocycles. The first-order valence-corrected chi connectivity index (χ1v) is 3.46. The molecule has 0 atom stereocenters. The van der Waals surface area contributed by atoms with Crippen molar-refractivity contribution in [2.45, 2.75) is 19.8 Å². The van der Waals surface area contributed by atoms with Gasteiger partial charge in [0.25, 0.3) is 5.91 Å². The first kappa shape index (κ1) is 7.78. The van der Waals surface area contributed by atoms with Crippen LogP contribution in [0, 0.1) is 0 Å². The molecule has 1 aromatic rings. The van der Waals surface area contributed by atoms with E-state index in [1.165, 1.54) is 6.20 Å². The maximum absolute atomic E-state index is 10.6. The second kappa shape index (κ2) is 2.74. The number of carbonyl (C=O) groups is 1. The van der Waals surface area contributed by atoms with Gasteiger partial charge in [-0.05, 0) is 0 Å². The smallest absolute Gasteiger partial charge is 0.266 e. The molecule has 1 aromatic heterocycles. The number of carbonyl (C=O) groups excluding carboxylic acids is 1. The van der Waals surface area contributed by atoms with Crippen LogP contribution in [0.2, 0.25) is 0 Å². The van der Waals surface area contributed by atoms with Gasteiger partial charge in [0, 0.05) is 5.92 Å². The first-order valence-electron chi connectivity index (χ1n) is 3.46. The molecular formula is C7H11N3O. The summed E-state index contributed by atoms with van der Waals surface area (Å²) in [5, 5.41) is 0. The average Bonchev–Trinajstić information content (AvgIpc) is 2.33. The lowest BCUT2D eigenvalue weighted by Crippen LogP contribution is -2.11. The molecule has 1 heterocycles. The molecule has 60 valence electrons. The van der Waals surface area contributed by atoms with Gasteiger partial charge in [0.15, 0.2) is 0 Å². The Morgan fingerprint density at radius 1 is 1.73 bits per heavy atom. The van der Waals surface area contributed by atoms with Crippen molar-refractivity contribution in [1.29, 1.82) is 0 Å². The van der Waals surface area contributed by atoms with Gasteiger partial charge in [-0.1, -0.05) is 13.8 Å². The highest BCUT2D eigenvalue weighted by Crippen LogP contribution is 2.08. The van der Waals surface area contributed by atoms with Crippen molar-refractivity contribution in [2.24, 2.45) is 5.73 Å². The van der Waals surface area contributed by atoms with Gasteiger partial charge < -0.3 is 10.7 Å². The van der Waals surface area contributed by atoms with Crippen LogP contribution >= 0.6 is 0 Å². The van der Waals surface area contributed by atoms with Crippen molar-refractivity contribution in [3.05, 3.63) is 17.7 Å². The molecule has 1 rings (SSSR count). The number of primary amides is 1. The number of hydrogen-bond donors (Lipinski definition) is 2. The summed E-state index contributed by atoms with van der Waals surface area (Å²) in [5.74, 6) is 0.617. The summed E-state index contributed by atoms with van der Waals surface area (Å²) in [7, 11) is 0. The van der Waals surface area contributed by atoms with Crippen LogP contribution in [-0.2, 0) is 0 Å². The molecule has 0 unspecified atom stereocenters. The van der Waals surface area contributed by atoms with Gasteiger partial charge in [0.05, 0.1) is 6.20 Å². The number of rotatable bonds is 2. The van der Waals surface area contributed by atoms with Gasteiger partial charge in [0.2, 0.25) is 0 Å². The average molecular weight is 153 g/mol. The Bertz CT molecular complexity index is 264. The Kier molecular flexibility index (Phi) is 1.94. The molecule has 4 nitrogen and oxygen atoms in total. The second-order valence-electron chi connectivity index (χ2n) is 2.70. The minimum atomic E-state index is -0.468. The topological polar surface area (TPSA) is 71.8 Å². The highest BCUT2D eigenvalue weighted by atomic mass is 16.1. The van der Waals surface area contributed by atoms with Gasteiger partial charge in [-0.2, -0.15) is 0 Å². The molecule has 0 saturated heterocycles. The lowest BCUT2D eigenvalue weighted by molar-refractivity contribution is 0.0996. The molecule has 0 aliphatic heterocycles. The Morgan fingerprint density at radius 2 is 2.36 bits per heavy atom. The Labute approximate surface area is 64.8 Å². The summed E-state index contributed by atoms with van der Waals surface area (Å²) in [6.07, 6.45) is 1.46. The van der Waals surface area contributed by atoms with Gasteiger partial charge in [-0.15, -0.1) is 0 Å². The predicted molar refractivity (Wildman–Crippen MR) is 41.2 cm³/mol. The molecule has 0 bridgehead atoms. The van der Waals surface area contributed by atoms with Crippen LogP contribution in [0.4, 0.5) is 0 Å². The molecule has 4 heteroatoms. The maximum Gasteiger partial charge on any atom is 0.266 e. The highest BCUT2D eigenvalue weighted by molar-refractivity contribution is 5.90. The number of hydrogen-bond acceptors (Lipinski definition) is 2. The van der Waals surface area contributed by atoms with Gasteiger partial charge in [-0.25, -0.2) is 4.98 Å². The summed E-state index contributed by atoms with van der Waals surface area (Å²) in [6.45, 7) is 3.98. The monoisotopic (exact) mass is 153 g/mol. The largest absolute Gasteiger partial charge is 0.364 e. The number of imidazole rings is 1. The molecule has 0 saturated carbocycles. The number of amides is 1. The minimum absolute atomic E-state index is 0.295. The number of nitrogens with two attached hydrogens (primary N) is 1. The van der Waals surface area contributed by atoms with E-state index in [0.717, 1.165) is 5.82 Å². The summed E-state index contributed by atoms with van der Waals surface area (Å²) in [5.41, 5.74) is 5.39. The van der Waals surface area contributed by atoms with Crippen molar-refractivity contribution in [1.82, 2.24) is 9.97 Å². The quantitative estimate of drug-likeness (QED) is 0.654. The van der Waals surface area contributed by atoms with E-state index in [1.54, 1.807) is 0 Å². The number of nitrogens with zero attached hydrogens (tertiary/aromatic N) is 1. The zero-order valence-electron chi connectivity index (χ0n) is 6.59. The van der Waals surface area contributed by atoms with Crippen LogP contribution in [0.3, 0.4) is 0 Å². The lowest BCUT2D eigenvalue weighted by Gasteiger charge is -1.96. The second-order valence-corrected chi connectivity index (χ2v) is 2.70. The van der Waals surface area contributed by atoms with E-state index in [0.29, 0.717) is 11.6 Å². The molecule has 0 aliphatic carbocycles. The number of aromatic amines is 1. The van der Waals surface area contributed by atoms with E-state index >= 15 is 0 Å². The molecule has 0 spiro atoms. The van der Waals surface area contributed by atoms with E-state index in [1.807, 2.05) is 13.8 Å². The molecule has 0 aliphatic rings. The van der Waals surface area contributed by atoms with Crippen LogP contribution in [0.1, 0.15) is 36.1 Å². The molecule has 1 amide bonds. The lowest BCUT2D eigenvalue weighted by atomic mass is 10.2. The minimum Gasteiger partial charge on any atom is -0.364 e. The third-order valence-electron chi connectivity index (χ3n) is 1.41. The zero-order chi connectivity index (χ0) is 8.43. The van der Waals surface area contributed by atoms with Crippen molar-refractivity contribution in [2.75, 3.05) is 0 Å². The van der Waals surface area contributed by atoms with Gasteiger partial charge in [0.1, 0.15) is 11.5 Å². The summed E-state index contributed by atoms with van der Waals surface area (Å²) < 4.78 is 0. The predicted octanol–water partition coefficient (Wildman–Crippen LogP) is 0.632. The standard InChI is InChI=1S/C7H11N3O/c1-4(2)7-9-3-5(10-7)6(8)11/h3-4H,1-2H3,(H2,8,11)(H,9,10). The van der Waals surface area contributed by atoms with Gasteiger partial charge in [-0.3, -0.25) is 4.79 Å². The zero-order valence-corrected chi connectivity index (χ0v) is 6.59. The molecule has 0 radical (unpaired) electrons. The maximum atomic E-state index is 10.6. The van der Waals surface area contributed by atoms with Crippen LogP contribution < -0.4 is 5.73 Å². The van der Waals surface area contributed by atoms with E-state index in [-0.39, 0.29) is 0 Å². The van der Waals surface area contributed by atoms with Crippen molar-refractivity contribution >= 4 is 5.91 Å². The fourth-order valence-corrected chi connectivity index (χ4v) is 0.755. The van der Waals surface area contributed by atoms with Crippen molar-refractivity contribution in [3.63, 3.8) is 0 Å². The Balaban J connectivity index is 2.90. The molecule has 11 heavy (non-hydrogen) atoms. The number of H-pyrrole nitrogens is 1. The summed E-state index contributed by atoms with van der Waals surface area (Å²) >= 11 is 0. The van der Waals surface area contributed by atoms with E-state index in [2.05, 4.69) is 9.97 Å². The van der Waals surface area contributed by atoms with Crippen molar-refractivity contribution in [3.8, 4) is 0 Å². The van der Waals surface area contributed by atoms with E-state index < -0.39 is 5.91 Å². The van der Waals surface area contributed by atoms with Crippen LogP contribution in [0.15, 0.2) is 6.20 Å². The van der Waals surface area contributed by atoms with E-state index in [4.69, 9.17) is 5.73 Å². The summed E-state index contributed by atoms with van der Waals surface area (Å²) in [4.78, 5) is 17.4. The fraction of sp³-hybridized carbons (Fsp3) is 0.429. The van der Waals surface area contributed by atoms with Crippen LogP contribution in [0.5, 0.6) is 0 Å². The third-order valence-corrected chi connectivity index (χ3v) is 1.41. The Morgan fingerprint density at radius 3 is 2.64 bits per heavy atom. The number of nitrogens with one attached hydrogen (secondary N) is 1. The molecular weight excluding hydrogens is 142 g/mol. The first-order chi connectivity index (χ1) is 5.11. The third kappa shape index (κ3) is 1.58. The summed E-state index contributed by atoms with van der Waals surface area (Å²) in [6, 6.07) is 0. The van der Waals surface area contributed by atoms with Crippen molar-refractivity contribution < 1.29 is 4.79 Å². The fourth-order valence-electron chi connectivity index (χ4n) is 0.755.